The van der Waals surface area contributed by atoms with Gasteiger partial charge in [0.15, 0.2) is 11.7 Å². The molecule has 0 saturated carbocycles. The standard InChI is InChI=1S/C10H14N5O8P/c11-10-13-7-4(8(18)14-10)12-2-15(7)9-5(17)6(3(1-16)22-9)23-24(19,20)21/h2-3,5-6,9,16-17H,1H2,(H2,19,20,21)(H3,11,13,14,18)/t3-,5+,6-,9+/m0/s1. The van der Waals surface area contributed by atoms with Crippen molar-refractivity contribution in [2.24, 2.45) is 0 Å². The number of hydrogen-bond donors (Lipinski definition) is 6. The number of nitrogens with zero attached hydrogens (tertiary/aromatic N) is 3. The molecule has 1 saturated heterocycles. The van der Waals surface area contributed by atoms with Crippen molar-refractivity contribution in [3.63, 3.8) is 0 Å². The van der Waals surface area contributed by atoms with Gasteiger partial charge >= 0.3 is 13.4 Å². The fraction of sp³-hybridized carbons (Fsp3) is 0.500. The van der Waals surface area contributed by atoms with Crippen LogP contribution in [0.1, 0.15) is 6.23 Å². The zero-order valence-corrected chi connectivity index (χ0v) is 12.8. The number of phosphoric ester groups is 1. The number of phosphoric acid groups is 1. The SMILES string of the molecule is Nc1nc(=O)c2ncn([C@@H]3O[C@@H](CO)[C@H](OP(=O)(O)O)[C@H]3O)c2[nH]1. The van der Waals surface area contributed by atoms with Crippen molar-refractivity contribution < 1.29 is 33.8 Å². The maximum Gasteiger partial charge on any atom is 0.470 e. The first-order chi connectivity index (χ1) is 11.2. The van der Waals surface area contributed by atoms with E-state index in [4.69, 9.17) is 20.3 Å². The minimum atomic E-state index is -4.93. The number of aliphatic hydroxyl groups is 2. The molecule has 7 N–H and O–H groups in total. The van der Waals surface area contributed by atoms with Crippen LogP contribution < -0.4 is 11.3 Å². The molecular formula is C10H14N5O8P. The fourth-order valence-corrected chi connectivity index (χ4v) is 3.11. The molecule has 24 heavy (non-hydrogen) atoms. The molecule has 0 aromatic carbocycles. The monoisotopic (exact) mass is 363 g/mol. The predicted octanol–water partition coefficient (Wildman–Crippen LogP) is -2.57. The summed E-state index contributed by atoms with van der Waals surface area (Å²) in [5.74, 6) is -0.191. The van der Waals surface area contributed by atoms with Crippen LogP contribution in [0.15, 0.2) is 11.1 Å². The van der Waals surface area contributed by atoms with E-state index in [-0.39, 0.29) is 17.1 Å². The number of nitrogen functional groups attached to an aromatic ring is 1. The van der Waals surface area contributed by atoms with Crippen molar-refractivity contribution in [1.82, 2.24) is 19.5 Å². The highest BCUT2D eigenvalue weighted by Gasteiger charge is 2.48. The van der Waals surface area contributed by atoms with Crippen molar-refractivity contribution >= 4 is 24.9 Å². The lowest BCUT2D eigenvalue weighted by atomic mass is 10.1. The van der Waals surface area contributed by atoms with E-state index in [1.165, 1.54) is 4.57 Å². The number of aliphatic hydroxyl groups excluding tert-OH is 2. The normalized spacial score (nSPS) is 27.8. The Balaban J connectivity index is 2.01. The lowest BCUT2D eigenvalue weighted by molar-refractivity contribution is -0.0509. The third-order valence-electron chi connectivity index (χ3n) is 3.49. The first-order valence-corrected chi connectivity index (χ1v) is 8.15. The highest BCUT2D eigenvalue weighted by Crippen LogP contribution is 2.43. The van der Waals surface area contributed by atoms with Crippen molar-refractivity contribution in [3.8, 4) is 0 Å². The van der Waals surface area contributed by atoms with Crippen molar-refractivity contribution in [2.45, 2.75) is 24.5 Å². The summed E-state index contributed by atoms with van der Waals surface area (Å²) in [6, 6.07) is 0. The number of H-pyrrole nitrogens is 1. The highest BCUT2D eigenvalue weighted by atomic mass is 31.2. The summed E-state index contributed by atoms with van der Waals surface area (Å²) in [5, 5.41) is 19.6. The molecule has 1 fully saturated rings. The lowest BCUT2D eigenvalue weighted by Crippen LogP contribution is -2.35. The van der Waals surface area contributed by atoms with Gasteiger partial charge in [-0.15, -0.1) is 0 Å². The van der Waals surface area contributed by atoms with Crippen LogP contribution in [0.25, 0.3) is 11.2 Å². The van der Waals surface area contributed by atoms with Crippen LogP contribution in [0.4, 0.5) is 5.95 Å². The van der Waals surface area contributed by atoms with Crippen molar-refractivity contribution in [1.29, 1.82) is 0 Å². The first-order valence-electron chi connectivity index (χ1n) is 6.62. The van der Waals surface area contributed by atoms with Crippen LogP contribution in [-0.2, 0) is 13.8 Å². The fourth-order valence-electron chi connectivity index (χ4n) is 2.53. The molecule has 1 aliphatic rings. The van der Waals surface area contributed by atoms with Gasteiger partial charge in [0.05, 0.1) is 12.9 Å². The van der Waals surface area contributed by atoms with Crippen LogP contribution in [0.3, 0.4) is 0 Å². The number of aromatic amines is 1. The lowest BCUT2D eigenvalue weighted by Gasteiger charge is -2.20. The van der Waals surface area contributed by atoms with Gasteiger partial charge in [0, 0.05) is 0 Å². The molecule has 132 valence electrons. The van der Waals surface area contributed by atoms with E-state index >= 15 is 0 Å². The van der Waals surface area contributed by atoms with Crippen LogP contribution in [0.2, 0.25) is 0 Å². The first kappa shape index (κ1) is 17.0. The van der Waals surface area contributed by atoms with Crippen molar-refractivity contribution in [3.05, 3.63) is 16.7 Å². The molecule has 0 amide bonds. The number of aromatic nitrogens is 4. The summed E-state index contributed by atoms with van der Waals surface area (Å²) in [5.41, 5.74) is 4.79. The number of ether oxygens (including phenoxy) is 1. The summed E-state index contributed by atoms with van der Waals surface area (Å²) in [7, 11) is -4.93. The molecule has 2 aromatic heterocycles. The summed E-state index contributed by atoms with van der Waals surface area (Å²) in [4.78, 5) is 39.5. The molecule has 0 bridgehead atoms. The van der Waals surface area contributed by atoms with E-state index in [1.807, 2.05) is 0 Å². The van der Waals surface area contributed by atoms with Crippen LogP contribution >= 0.6 is 7.82 Å². The second-order valence-corrected chi connectivity index (χ2v) is 6.27. The number of nitrogens with two attached hydrogens (primary N) is 1. The Labute approximate surface area is 132 Å². The molecule has 0 spiro atoms. The van der Waals surface area contributed by atoms with E-state index in [2.05, 4.69) is 19.5 Å². The minimum absolute atomic E-state index is 0.0695. The van der Waals surface area contributed by atoms with Gasteiger partial charge in [-0.1, -0.05) is 0 Å². The number of fused-ring (bicyclic) bond motifs is 1. The second-order valence-electron chi connectivity index (χ2n) is 5.08. The van der Waals surface area contributed by atoms with E-state index in [1.54, 1.807) is 0 Å². The Bertz CT molecular complexity index is 861. The Morgan fingerprint density at radius 2 is 2.21 bits per heavy atom. The smallest absolute Gasteiger partial charge is 0.394 e. The largest absolute Gasteiger partial charge is 0.470 e. The average molecular weight is 363 g/mol. The number of nitrogens with one attached hydrogen (secondary N) is 1. The van der Waals surface area contributed by atoms with Crippen LogP contribution in [-0.4, -0.2) is 64.4 Å². The predicted molar refractivity (Wildman–Crippen MR) is 76.5 cm³/mol. The van der Waals surface area contributed by atoms with E-state index in [0.29, 0.717) is 0 Å². The van der Waals surface area contributed by atoms with Gasteiger partial charge < -0.3 is 35.5 Å². The third kappa shape index (κ3) is 2.93. The molecule has 4 atom stereocenters. The van der Waals surface area contributed by atoms with Crippen molar-refractivity contribution in [2.75, 3.05) is 12.3 Å². The summed E-state index contributed by atoms with van der Waals surface area (Å²) in [6.07, 6.45) is -4.34. The van der Waals surface area contributed by atoms with Gasteiger partial charge in [-0.2, -0.15) is 4.98 Å². The molecule has 13 nitrogen and oxygen atoms in total. The highest BCUT2D eigenvalue weighted by molar-refractivity contribution is 7.46. The van der Waals surface area contributed by atoms with Gasteiger partial charge in [-0.25, -0.2) is 9.55 Å². The maximum atomic E-state index is 11.7. The van der Waals surface area contributed by atoms with Gasteiger partial charge in [0.1, 0.15) is 24.0 Å². The summed E-state index contributed by atoms with van der Waals surface area (Å²) in [6.45, 7) is -0.662. The molecule has 0 radical (unpaired) electrons. The number of imidazole rings is 1. The number of anilines is 1. The maximum absolute atomic E-state index is 11.7. The second kappa shape index (κ2) is 5.89. The van der Waals surface area contributed by atoms with Gasteiger partial charge in [-0.3, -0.25) is 13.9 Å². The zero-order chi connectivity index (χ0) is 17.6. The third-order valence-corrected chi connectivity index (χ3v) is 4.01. The Kier molecular flexibility index (Phi) is 4.17. The number of rotatable bonds is 4. The summed E-state index contributed by atoms with van der Waals surface area (Å²) >= 11 is 0. The molecule has 1 aliphatic heterocycles. The number of hydrogen-bond acceptors (Lipinski definition) is 9. The van der Waals surface area contributed by atoms with Crippen LogP contribution in [0, 0.1) is 0 Å². The molecule has 2 aromatic rings. The van der Waals surface area contributed by atoms with Gasteiger partial charge in [-0.05, 0) is 0 Å². The van der Waals surface area contributed by atoms with E-state index < -0.39 is 44.5 Å². The average Bonchev–Trinajstić information content (AvgIpc) is 3.00. The Morgan fingerprint density at radius 3 is 2.83 bits per heavy atom. The molecular weight excluding hydrogens is 349 g/mol. The molecule has 0 aliphatic carbocycles. The summed E-state index contributed by atoms with van der Waals surface area (Å²) < 4.78 is 22.1. The van der Waals surface area contributed by atoms with Gasteiger partial charge in [0.2, 0.25) is 5.95 Å². The molecule has 14 heteroatoms. The zero-order valence-electron chi connectivity index (χ0n) is 11.9. The quantitative estimate of drug-likeness (QED) is 0.311. The molecule has 3 rings (SSSR count). The topological polar surface area (TPSA) is 206 Å². The molecule has 3 heterocycles. The Hall–Kier alpha value is -1.86. The van der Waals surface area contributed by atoms with E-state index in [0.717, 1.165) is 6.33 Å². The Morgan fingerprint density at radius 1 is 1.50 bits per heavy atom. The minimum Gasteiger partial charge on any atom is -0.394 e. The van der Waals surface area contributed by atoms with Gasteiger partial charge in [0.25, 0.3) is 0 Å². The van der Waals surface area contributed by atoms with E-state index in [9.17, 15) is 19.6 Å². The van der Waals surface area contributed by atoms with Crippen LogP contribution in [0.5, 0.6) is 0 Å². The molecule has 0 unspecified atom stereocenters.